The van der Waals surface area contributed by atoms with Crippen molar-refractivity contribution in [2.24, 2.45) is 11.8 Å². The zero-order valence-electron chi connectivity index (χ0n) is 14.1. The maximum Gasteiger partial charge on any atom is 0.241 e. The van der Waals surface area contributed by atoms with Crippen LogP contribution in [0.4, 0.5) is 0 Å². The van der Waals surface area contributed by atoms with Crippen molar-refractivity contribution in [3.8, 4) is 0 Å². The van der Waals surface area contributed by atoms with Gasteiger partial charge in [-0.05, 0) is 44.9 Å². The third-order valence-corrected chi connectivity index (χ3v) is 4.82. The largest absolute Gasteiger partial charge is 0.380 e. The van der Waals surface area contributed by atoms with Gasteiger partial charge in [-0.3, -0.25) is 10.1 Å². The van der Waals surface area contributed by atoms with Crippen molar-refractivity contribution in [3.63, 3.8) is 0 Å². The first-order valence-corrected chi connectivity index (χ1v) is 8.70. The lowest BCUT2D eigenvalue weighted by molar-refractivity contribution is -0.134. The van der Waals surface area contributed by atoms with Gasteiger partial charge in [0.15, 0.2) is 0 Å². The summed E-state index contributed by atoms with van der Waals surface area (Å²) < 4.78 is 5.56. The molecule has 1 aliphatic carbocycles. The fourth-order valence-corrected chi connectivity index (χ4v) is 3.81. The number of rotatable bonds is 7. The number of ether oxygens (including phenoxy) is 1. The van der Waals surface area contributed by atoms with Crippen LogP contribution in [0.25, 0.3) is 0 Å². The van der Waals surface area contributed by atoms with E-state index in [-0.39, 0.29) is 24.2 Å². The summed E-state index contributed by atoms with van der Waals surface area (Å²) in [6.07, 6.45) is 6.26. The van der Waals surface area contributed by atoms with E-state index in [2.05, 4.69) is 31.0 Å². The molecular formula is C17H32N2O2. The molecule has 3 atom stereocenters. The van der Waals surface area contributed by atoms with Gasteiger partial charge >= 0.3 is 0 Å². The third-order valence-electron chi connectivity index (χ3n) is 4.82. The summed E-state index contributed by atoms with van der Waals surface area (Å²) in [7, 11) is 0. The number of nitrogens with one attached hydrogen (secondary N) is 1. The van der Waals surface area contributed by atoms with Gasteiger partial charge in [-0.25, -0.2) is 0 Å². The van der Waals surface area contributed by atoms with Gasteiger partial charge in [0.2, 0.25) is 5.91 Å². The summed E-state index contributed by atoms with van der Waals surface area (Å²) in [5.41, 5.74) is 0. The molecule has 1 N–H and O–H groups in total. The SMILES string of the molecule is CCOCC(C)N1C(=O)C(CC(C)C)NC1C1CCCC1. The van der Waals surface area contributed by atoms with Crippen molar-refractivity contribution >= 4 is 5.91 Å². The van der Waals surface area contributed by atoms with Gasteiger partial charge in [0.05, 0.1) is 24.9 Å². The summed E-state index contributed by atoms with van der Waals surface area (Å²) in [5.74, 6) is 1.45. The van der Waals surface area contributed by atoms with Crippen LogP contribution in [0, 0.1) is 11.8 Å². The molecule has 0 aromatic carbocycles. The highest BCUT2D eigenvalue weighted by Gasteiger charge is 2.45. The molecule has 4 nitrogen and oxygen atoms in total. The molecule has 0 radical (unpaired) electrons. The van der Waals surface area contributed by atoms with Crippen molar-refractivity contribution in [2.75, 3.05) is 13.2 Å². The zero-order chi connectivity index (χ0) is 15.4. The predicted molar refractivity (Wildman–Crippen MR) is 84.9 cm³/mol. The molecule has 21 heavy (non-hydrogen) atoms. The summed E-state index contributed by atoms with van der Waals surface area (Å²) in [6, 6.07) is 0.160. The number of hydrogen-bond donors (Lipinski definition) is 1. The van der Waals surface area contributed by atoms with E-state index in [1.54, 1.807) is 0 Å². The van der Waals surface area contributed by atoms with Crippen LogP contribution in [0.5, 0.6) is 0 Å². The van der Waals surface area contributed by atoms with Crippen LogP contribution in [0.1, 0.15) is 59.8 Å². The minimum absolute atomic E-state index is 0.000300. The summed E-state index contributed by atoms with van der Waals surface area (Å²) in [5, 5.41) is 3.64. The van der Waals surface area contributed by atoms with E-state index in [1.165, 1.54) is 25.7 Å². The Bertz CT molecular complexity index is 340. The smallest absolute Gasteiger partial charge is 0.241 e. The van der Waals surface area contributed by atoms with E-state index < -0.39 is 0 Å². The Hall–Kier alpha value is -0.610. The molecule has 0 bridgehead atoms. The number of carbonyl (C=O) groups is 1. The van der Waals surface area contributed by atoms with Gasteiger partial charge in [-0.2, -0.15) is 0 Å². The van der Waals surface area contributed by atoms with Crippen LogP contribution < -0.4 is 5.32 Å². The van der Waals surface area contributed by atoms with Crippen molar-refractivity contribution < 1.29 is 9.53 Å². The maximum atomic E-state index is 12.8. The van der Waals surface area contributed by atoms with E-state index in [4.69, 9.17) is 4.74 Å². The molecule has 4 heteroatoms. The predicted octanol–water partition coefficient (Wildman–Crippen LogP) is 2.77. The third kappa shape index (κ3) is 3.98. The Morgan fingerprint density at radius 3 is 2.52 bits per heavy atom. The molecule has 0 aromatic rings. The highest BCUT2D eigenvalue weighted by atomic mass is 16.5. The summed E-state index contributed by atoms with van der Waals surface area (Å²) in [4.78, 5) is 14.9. The van der Waals surface area contributed by atoms with Gasteiger partial charge in [0.1, 0.15) is 0 Å². The molecule has 122 valence electrons. The minimum Gasteiger partial charge on any atom is -0.380 e. The molecule has 0 aromatic heterocycles. The second kappa shape index (κ2) is 7.59. The van der Waals surface area contributed by atoms with E-state index in [1.807, 2.05) is 6.92 Å². The highest BCUT2D eigenvalue weighted by molar-refractivity contribution is 5.84. The number of nitrogens with zero attached hydrogens (tertiary/aromatic N) is 1. The number of hydrogen-bond acceptors (Lipinski definition) is 3. The van der Waals surface area contributed by atoms with E-state index in [0.29, 0.717) is 25.0 Å². The van der Waals surface area contributed by atoms with Gasteiger partial charge in [0, 0.05) is 6.61 Å². The zero-order valence-corrected chi connectivity index (χ0v) is 14.1. The molecule has 1 aliphatic heterocycles. The molecule has 1 saturated carbocycles. The van der Waals surface area contributed by atoms with Crippen LogP contribution in [0.3, 0.4) is 0 Å². The Kier molecular flexibility index (Phi) is 6.06. The lowest BCUT2D eigenvalue weighted by Gasteiger charge is -2.33. The molecule has 2 aliphatic rings. The molecule has 3 unspecified atom stereocenters. The Labute approximate surface area is 129 Å². The van der Waals surface area contributed by atoms with Gasteiger partial charge in [-0.15, -0.1) is 0 Å². The first kappa shape index (κ1) is 16.8. The van der Waals surface area contributed by atoms with E-state index in [9.17, 15) is 4.79 Å². The average molecular weight is 296 g/mol. The number of carbonyl (C=O) groups excluding carboxylic acids is 1. The first-order chi connectivity index (χ1) is 10.0. The Morgan fingerprint density at radius 1 is 1.29 bits per heavy atom. The lowest BCUT2D eigenvalue weighted by atomic mass is 10.0. The van der Waals surface area contributed by atoms with Crippen LogP contribution in [0.2, 0.25) is 0 Å². The minimum atomic E-state index is -0.000300. The quantitative estimate of drug-likeness (QED) is 0.785. The van der Waals surface area contributed by atoms with Crippen LogP contribution in [-0.2, 0) is 9.53 Å². The van der Waals surface area contributed by atoms with Crippen molar-refractivity contribution in [1.29, 1.82) is 0 Å². The topological polar surface area (TPSA) is 41.6 Å². The van der Waals surface area contributed by atoms with Crippen molar-refractivity contribution in [1.82, 2.24) is 10.2 Å². The second-order valence-electron chi connectivity index (χ2n) is 7.09. The van der Waals surface area contributed by atoms with Gasteiger partial charge in [0.25, 0.3) is 0 Å². The highest BCUT2D eigenvalue weighted by Crippen LogP contribution is 2.33. The summed E-state index contributed by atoms with van der Waals surface area (Å²) >= 11 is 0. The second-order valence-corrected chi connectivity index (χ2v) is 7.09. The molecule has 0 spiro atoms. The standard InChI is InChI=1S/C17H32N2O2/c1-5-21-11-13(4)19-16(14-8-6-7-9-14)18-15(17(19)20)10-12(2)3/h12-16,18H,5-11H2,1-4H3. The Balaban J connectivity index is 2.08. The molecule has 2 fully saturated rings. The van der Waals surface area contributed by atoms with Crippen LogP contribution in [-0.4, -0.2) is 42.3 Å². The lowest BCUT2D eigenvalue weighted by Crippen LogP contribution is -2.48. The molecule has 1 saturated heterocycles. The van der Waals surface area contributed by atoms with Gasteiger partial charge < -0.3 is 9.64 Å². The summed E-state index contributed by atoms with van der Waals surface area (Å²) in [6.45, 7) is 9.85. The monoisotopic (exact) mass is 296 g/mol. The normalized spacial score (nSPS) is 28.8. The Morgan fingerprint density at radius 2 is 1.95 bits per heavy atom. The number of amides is 1. The van der Waals surface area contributed by atoms with Crippen LogP contribution in [0.15, 0.2) is 0 Å². The van der Waals surface area contributed by atoms with Crippen LogP contribution >= 0.6 is 0 Å². The molecule has 1 amide bonds. The fourth-order valence-electron chi connectivity index (χ4n) is 3.81. The van der Waals surface area contributed by atoms with Crippen molar-refractivity contribution in [2.45, 2.75) is 78.0 Å². The first-order valence-electron chi connectivity index (χ1n) is 8.70. The molecular weight excluding hydrogens is 264 g/mol. The van der Waals surface area contributed by atoms with Gasteiger partial charge in [-0.1, -0.05) is 26.7 Å². The van der Waals surface area contributed by atoms with Crippen molar-refractivity contribution in [3.05, 3.63) is 0 Å². The maximum absolute atomic E-state index is 12.8. The molecule has 2 rings (SSSR count). The van der Waals surface area contributed by atoms with E-state index in [0.717, 1.165) is 6.42 Å². The average Bonchev–Trinajstić information content (AvgIpc) is 3.05. The fraction of sp³-hybridized carbons (Fsp3) is 0.941. The molecule has 1 heterocycles. The van der Waals surface area contributed by atoms with E-state index >= 15 is 0 Å².